The topological polar surface area (TPSA) is 32.6 Å². The van der Waals surface area contributed by atoms with Gasteiger partial charge in [-0.05, 0) is 17.3 Å². The van der Waals surface area contributed by atoms with Crippen molar-refractivity contribution in [2.24, 2.45) is 5.16 Å². The highest BCUT2D eigenvalue weighted by Gasteiger charge is 2.15. The molecule has 0 saturated heterocycles. The smallest absolute Gasteiger partial charge is 0.229 e. The molecule has 1 aliphatic heterocycles. The molecule has 1 N–H and O–H groups in total. The molecular formula is C7H11N2O+. The van der Waals surface area contributed by atoms with Crippen molar-refractivity contribution in [3.63, 3.8) is 0 Å². The molecule has 3 nitrogen and oxygen atoms in total. The molecule has 0 spiro atoms. The Labute approximate surface area is 60.2 Å². The summed E-state index contributed by atoms with van der Waals surface area (Å²) in [5, 5.41) is 11.3. The summed E-state index contributed by atoms with van der Waals surface area (Å²) in [6.45, 7) is 0.848. The van der Waals surface area contributed by atoms with Crippen molar-refractivity contribution < 1.29 is 9.69 Å². The largest absolute Gasteiger partial charge is 0.407 e. The number of oxime groups is 1. The van der Waals surface area contributed by atoms with Crippen LogP contribution in [0.4, 0.5) is 0 Å². The van der Waals surface area contributed by atoms with Crippen molar-refractivity contribution >= 4 is 6.34 Å². The van der Waals surface area contributed by atoms with Gasteiger partial charge >= 0.3 is 0 Å². The fourth-order valence-corrected chi connectivity index (χ4v) is 0.877. The number of nitrogens with zero attached hydrogens (tertiary/aromatic N) is 2. The van der Waals surface area contributed by atoms with Crippen LogP contribution >= 0.6 is 0 Å². The maximum Gasteiger partial charge on any atom is 0.229 e. The van der Waals surface area contributed by atoms with Gasteiger partial charge < -0.3 is 5.21 Å². The van der Waals surface area contributed by atoms with Crippen LogP contribution < -0.4 is 0 Å². The third-order valence-electron chi connectivity index (χ3n) is 1.49. The Bertz CT molecular complexity index is 196. The molecule has 0 radical (unpaired) electrons. The predicted octanol–water partition coefficient (Wildman–Crippen LogP) is 0.934. The van der Waals surface area contributed by atoms with Gasteiger partial charge in [0.25, 0.3) is 0 Å². The molecular weight excluding hydrogens is 128 g/mol. The third-order valence-corrected chi connectivity index (χ3v) is 1.49. The van der Waals surface area contributed by atoms with E-state index >= 15 is 0 Å². The summed E-state index contributed by atoms with van der Waals surface area (Å²) < 4.78 is 0.535. The Kier molecular flexibility index (Phi) is 1.87. The van der Waals surface area contributed by atoms with Gasteiger partial charge in [0.05, 0.1) is 7.05 Å². The molecule has 10 heavy (non-hydrogen) atoms. The van der Waals surface area contributed by atoms with Gasteiger partial charge in [-0.25, -0.2) is 0 Å². The lowest BCUT2D eigenvalue weighted by Crippen LogP contribution is -2.37. The van der Waals surface area contributed by atoms with Crippen molar-refractivity contribution in [2.75, 3.05) is 13.6 Å². The molecule has 1 aliphatic rings. The van der Waals surface area contributed by atoms with E-state index in [9.17, 15) is 0 Å². The van der Waals surface area contributed by atoms with Crippen molar-refractivity contribution in [3.05, 3.63) is 24.4 Å². The fraction of sp³-hybridized carbons (Fsp3) is 0.286. The van der Waals surface area contributed by atoms with Gasteiger partial charge in [0.15, 0.2) is 0 Å². The summed E-state index contributed by atoms with van der Waals surface area (Å²) in [5.74, 6) is 0. The van der Waals surface area contributed by atoms with Gasteiger partial charge in [-0.2, -0.15) is 0 Å². The minimum Gasteiger partial charge on any atom is -0.407 e. The molecule has 0 bridgehead atoms. The van der Waals surface area contributed by atoms with Crippen LogP contribution in [-0.2, 0) is 0 Å². The summed E-state index contributed by atoms with van der Waals surface area (Å²) in [6, 6.07) is 0. The molecule has 0 saturated carbocycles. The minimum absolute atomic E-state index is 0.535. The first-order chi connectivity index (χ1) is 4.77. The third kappa shape index (κ3) is 1.45. The second-order valence-electron chi connectivity index (χ2n) is 2.53. The molecule has 0 aliphatic carbocycles. The molecule has 0 aromatic heterocycles. The zero-order chi connectivity index (χ0) is 7.45. The van der Waals surface area contributed by atoms with Crippen LogP contribution in [0, 0.1) is 0 Å². The van der Waals surface area contributed by atoms with Crippen molar-refractivity contribution in [3.8, 4) is 0 Å². The zero-order valence-corrected chi connectivity index (χ0v) is 5.94. The van der Waals surface area contributed by atoms with Crippen molar-refractivity contribution in [2.45, 2.75) is 0 Å². The van der Waals surface area contributed by atoms with Crippen molar-refractivity contribution in [1.29, 1.82) is 0 Å². The molecule has 1 unspecified atom stereocenters. The molecule has 0 amide bonds. The first kappa shape index (κ1) is 7.02. The molecule has 3 heteroatoms. The number of allylic oxidation sites excluding steroid dienone is 2. The van der Waals surface area contributed by atoms with Crippen molar-refractivity contribution in [1.82, 2.24) is 0 Å². The lowest BCUT2D eigenvalue weighted by molar-refractivity contribution is -0.753. The Morgan fingerprint density at radius 2 is 2.40 bits per heavy atom. The average molecular weight is 139 g/mol. The Hall–Kier alpha value is -1.09. The SMILES string of the molecule is C[N+]1(C=NO)C=CC=CC1. The van der Waals surface area contributed by atoms with Crippen LogP contribution in [0.1, 0.15) is 0 Å². The molecule has 0 aromatic carbocycles. The molecule has 54 valence electrons. The van der Waals surface area contributed by atoms with Crippen LogP contribution in [-0.4, -0.2) is 29.6 Å². The Morgan fingerprint density at radius 1 is 1.60 bits per heavy atom. The molecule has 0 aromatic rings. The van der Waals surface area contributed by atoms with E-state index in [2.05, 4.69) is 5.16 Å². The number of rotatable bonds is 1. The fourth-order valence-electron chi connectivity index (χ4n) is 0.877. The monoisotopic (exact) mass is 139 g/mol. The summed E-state index contributed by atoms with van der Waals surface area (Å²) in [4.78, 5) is 0. The maximum absolute atomic E-state index is 8.28. The Morgan fingerprint density at radius 3 is 2.90 bits per heavy atom. The van der Waals surface area contributed by atoms with E-state index in [0.717, 1.165) is 6.54 Å². The van der Waals surface area contributed by atoms with E-state index in [4.69, 9.17) is 5.21 Å². The van der Waals surface area contributed by atoms with Gasteiger partial charge in [0, 0.05) is 0 Å². The summed E-state index contributed by atoms with van der Waals surface area (Å²) in [6.07, 6.45) is 9.39. The highest BCUT2D eigenvalue weighted by molar-refractivity contribution is 5.46. The van der Waals surface area contributed by atoms with Crippen LogP contribution in [0.5, 0.6) is 0 Å². The molecule has 0 fully saturated rings. The standard InChI is InChI=1S/C7H10N2O/c1-9(7-8-10)5-3-2-4-6-9/h2-5,7H,6H2,1H3/p+1. The van der Waals surface area contributed by atoms with E-state index in [1.807, 2.05) is 31.5 Å². The van der Waals surface area contributed by atoms with Crippen LogP contribution in [0.3, 0.4) is 0 Å². The van der Waals surface area contributed by atoms with Crippen LogP contribution in [0.2, 0.25) is 0 Å². The van der Waals surface area contributed by atoms with E-state index in [1.54, 1.807) is 0 Å². The summed E-state index contributed by atoms with van der Waals surface area (Å²) >= 11 is 0. The quantitative estimate of drug-likeness (QED) is 0.189. The van der Waals surface area contributed by atoms with Gasteiger partial charge in [-0.3, -0.25) is 4.48 Å². The highest BCUT2D eigenvalue weighted by atomic mass is 16.4. The maximum atomic E-state index is 8.28. The van der Waals surface area contributed by atoms with Gasteiger partial charge in [-0.15, -0.1) is 0 Å². The van der Waals surface area contributed by atoms with Crippen LogP contribution in [0.15, 0.2) is 29.6 Å². The molecule has 1 atom stereocenters. The summed E-state index contributed by atoms with van der Waals surface area (Å²) in [5.41, 5.74) is 0. The first-order valence-electron chi connectivity index (χ1n) is 3.15. The predicted molar refractivity (Wildman–Crippen MR) is 39.6 cm³/mol. The Balaban J connectivity index is 2.70. The molecule has 1 heterocycles. The van der Waals surface area contributed by atoms with Crippen LogP contribution in [0.25, 0.3) is 0 Å². The summed E-state index contributed by atoms with van der Waals surface area (Å²) in [7, 11) is 1.96. The number of hydrogen-bond donors (Lipinski definition) is 1. The highest BCUT2D eigenvalue weighted by Crippen LogP contribution is 2.04. The van der Waals surface area contributed by atoms with E-state index < -0.39 is 0 Å². The minimum atomic E-state index is 0.535. The van der Waals surface area contributed by atoms with E-state index in [1.165, 1.54) is 6.34 Å². The number of quaternary nitrogens is 1. The lowest BCUT2D eigenvalue weighted by Gasteiger charge is -2.23. The average Bonchev–Trinajstić information content (AvgIpc) is 1.89. The van der Waals surface area contributed by atoms with Gasteiger partial charge in [0.1, 0.15) is 12.7 Å². The normalized spacial score (nSPS) is 31.7. The first-order valence-corrected chi connectivity index (χ1v) is 3.15. The number of hydrogen-bond acceptors (Lipinski definition) is 2. The van der Waals surface area contributed by atoms with E-state index in [0.29, 0.717) is 4.48 Å². The second kappa shape index (κ2) is 2.66. The molecule has 1 rings (SSSR count). The van der Waals surface area contributed by atoms with E-state index in [-0.39, 0.29) is 0 Å². The second-order valence-corrected chi connectivity index (χ2v) is 2.53. The lowest BCUT2D eigenvalue weighted by atomic mass is 10.3. The number of likely N-dealkylation sites (N-methyl/N-ethyl adjacent to an activating group) is 1. The van der Waals surface area contributed by atoms with Gasteiger partial charge in [-0.1, -0.05) is 6.08 Å². The zero-order valence-electron chi connectivity index (χ0n) is 5.94. The van der Waals surface area contributed by atoms with Gasteiger partial charge in [0.2, 0.25) is 6.34 Å².